The van der Waals surface area contributed by atoms with Crippen LogP contribution in [0.3, 0.4) is 0 Å². The normalized spacial score (nSPS) is 12.8. The van der Waals surface area contributed by atoms with Crippen LogP contribution in [0.25, 0.3) is 0 Å². The Kier molecular flexibility index (Phi) is 8.38. The molecule has 2 aromatic carbocycles. The molecule has 6 nitrogen and oxygen atoms in total. The van der Waals surface area contributed by atoms with E-state index < -0.39 is 76.6 Å². The lowest BCUT2D eigenvalue weighted by Gasteiger charge is -2.19. The number of rotatable bonds is 4. The van der Waals surface area contributed by atoms with E-state index in [0.717, 1.165) is 6.92 Å². The highest BCUT2D eigenvalue weighted by Gasteiger charge is 2.38. The molecule has 0 radical (unpaired) electrons. The van der Waals surface area contributed by atoms with Crippen LogP contribution in [0.1, 0.15) is 29.2 Å². The van der Waals surface area contributed by atoms with Gasteiger partial charge in [-0.15, -0.1) is 0 Å². The Morgan fingerprint density at radius 2 is 0.763 bits per heavy atom. The van der Waals surface area contributed by atoms with Crippen molar-refractivity contribution in [3.63, 3.8) is 0 Å². The molecule has 4 N–H and O–H groups in total. The molecule has 0 aliphatic carbocycles. The molecule has 0 aliphatic rings. The van der Waals surface area contributed by atoms with Gasteiger partial charge in [-0.05, 0) is 43.3 Å². The molecule has 38 heavy (non-hydrogen) atoms. The third kappa shape index (κ3) is 8.62. The average Bonchev–Trinajstić information content (AvgIpc) is 2.70. The minimum atomic E-state index is -5.20. The van der Waals surface area contributed by atoms with Crippen molar-refractivity contribution in [2.45, 2.75) is 37.8 Å². The summed E-state index contributed by atoms with van der Waals surface area (Å²) in [6.07, 6.45) is -22.3. The Bertz CT molecular complexity index is 1030. The lowest BCUT2D eigenvalue weighted by atomic mass is 10.1. The predicted octanol–water partition coefficient (Wildman–Crippen LogP) is 7.05. The van der Waals surface area contributed by atoms with Gasteiger partial charge in [-0.3, -0.25) is 0 Å². The van der Waals surface area contributed by atoms with Gasteiger partial charge in [0.1, 0.15) is 6.17 Å². The number of alkyl halides is 12. The first-order chi connectivity index (χ1) is 17.1. The number of halogens is 12. The van der Waals surface area contributed by atoms with Gasteiger partial charge in [0.25, 0.3) is 0 Å². The Morgan fingerprint density at radius 1 is 0.526 bits per heavy atom. The first-order valence-electron chi connectivity index (χ1n) is 9.79. The van der Waals surface area contributed by atoms with E-state index in [0.29, 0.717) is 0 Å². The van der Waals surface area contributed by atoms with E-state index >= 15 is 0 Å². The average molecular weight is 570 g/mol. The number of hydrogen-bond donors (Lipinski definition) is 4. The summed E-state index contributed by atoms with van der Waals surface area (Å²) in [5.41, 5.74) is -8.77. The van der Waals surface area contributed by atoms with Crippen LogP contribution >= 0.6 is 0 Å². The van der Waals surface area contributed by atoms with E-state index in [-0.39, 0.29) is 36.4 Å². The summed E-state index contributed by atoms with van der Waals surface area (Å²) in [7, 11) is 0. The summed E-state index contributed by atoms with van der Waals surface area (Å²) >= 11 is 0. The van der Waals surface area contributed by atoms with Crippen molar-refractivity contribution in [2.75, 3.05) is 10.6 Å². The first kappa shape index (κ1) is 30.4. The fourth-order valence-electron chi connectivity index (χ4n) is 2.82. The number of anilines is 2. The molecule has 2 aromatic rings. The van der Waals surface area contributed by atoms with Gasteiger partial charge in [-0.25, -0.2) is 9.59 Å². The van der Waals surface area contributed by atoms with Crippen LogP contribution in [-0.2, 0) is 24.7 Å². The van der Waals surface area contributed by atoms with Crippen molar-refractivity contribution in [1.82, 2.24) is 10.6 Å². The zero-order valence-electron chi connectivity index (χ0n) is 18.4. The van der Waals surface area contributed by atoms with Gasteiger partial charge in [-0.2, -0.15) is 52.7 Å². The summed E-state index contributed by atoms with van der Waals surface area (Å²) < 4.78 is 155. The van der Waals surface area contributed by atoms with Crippen molar-refractivity contribution in [3.8, 4) is 0 Å². The number of benzene rings is 2. The third-order valence-electron chi connectivity index (χ3n) is 4.39. The number of hydrogen-bond acceptors (Lipinski definition) is 2. The summed E-state index contributed by atoms with van der Waals surface area (Å²) in [5.74, 6) is 0. The highest BCUT2D eigenvalue weighted by atomic mass is 19.4. The minimum Gasteiger partial charge on any atom is -0.318 e. The second-order valence-electron chi connectivity index (χ2n) is 7.51. The SMILES string of the molecule is CC(NC(=O)Nc1cc(C(F)(F)F)cc(C(F)(F)F)c1)NC(=O)Nc1cc(C(F)(F)F)cc(C(F)(F)F)c1. The number of carbonyl (C=O) groups is 2. The van der Waals surface area contributed by atoms with E-state index in [1.807, 2.05) is 10.6 Å². The molecule has 0 saturated heterocycles. The third-order valence-corrected chi connectivity index (χ3v) is 4.39. The predicted molar refractivity (Wildman–Crippen MR) is 107 cm³/mol. The molecule has 210 valence electrons. The van der Waals surface area contributed by atoms with Gasteiger partial charge >= 0.3 is 36.8 Å². The zero-order chi connectivity index (χ0) is 29.3. The van der Waals surface area contributed by atoms with E-state index in [9.17, 15) is 62.3 Å². The summed E-state index contributed by atoms with van der Waals surface area (Å²) in [5, 5.41) is 7.17. The highest BCUT2D eigenvalue weighted by molar-refractivity contribution is 5.92. The van der Waals surface area contributed by atoms with Gasteiger partial charge in [0.2, 0.25) is 0 Å². The van der Waals surface area contributed by atoms with Crippen LogP contribution in [0.15, 0.2) is 36.4 Å². The number of carbonyl (C=O) groups excluding carboxylic acids is 2. The first-order valence-corrected chi connectivity index (χ1v) is 9.79. The lowest BCUT2D eigenvalue weighted by molar-refractivity contribution is -0.144. The minimum absolute atomic E-state index is 0.185. The van der Waals surface area contributed by atoms with Crippen molar-refractivity contribution >= 4 is 23.4 Å². The summed E-state index contributed by atoms with van der Waals surface area (Å²) in [6.45, 7) is 1.01. The maximum Gasteiger partial charge on any atom is 0.416 e. The molecule has 0 unspecified atom stereocenters. The van der Waals surface area contributed by atoms with Crippen molar-refractivity contribution in [1.29, 1.82) is 0 Å². The molecule has 4 amide bonds. The van der Waals surface area contributed by atoms with E-state index in [1.54, 1.807) is 10.6 Å². The van der Waals surface area contributed by atoms with Crippen molar-refractivity contribution in [2.24, 2.45) is 0 Å². The van der Waals surface area contributed by atoms with E-state index in [1.165, 1.54) is 0 Å². The molecule has 0 bridgehead atoms. The Balaban J connectivity index is 2.11. The molecule has 0 spiro atoms. The van der Waals surface area contributed by atoms with Crippen LogP contribution in [-0.4, -0.2) is 18.2 Å². The van der Waals surface area contributed by atoms with Gasteiger partial charge in [0.05, 0.1) is 22.3 Å². The van der Waals surface area contributed by atoms with Gasteiger partial charge in [-0.1, -0.05) is 0 Å². The lowest BCUT2D eigenvalue weighted by Crippen LogP contribution is -2.48. The molecule has 0 fully saturated rings. The maximum absolute atomic E-state index is 12.9. The van der Waals surface area contributed by atoms with Crippen molar-refractivity contribution < 1.29 is 62.3 Å². The second kappa shape index (κ2) is 10.5. The summed E-state index contributed by atoms with van der Waals surface area (Å²) in [4.78, 5) is 24.0. The maximum atomic E-state index is 12.9. The Labute approximate surface area is 204 Å². The largest absolute Gasteiger partial charge is 0.416 e. The fourth-order valence-corrected chi connectivity index (χ4v) is 2.82. The number of nitrogens with one attached hydrogen (secondary N) is 4. The molecular weight excluding hydrogens is 556 g/mol. The van der Waals surface area contributed by atoms with Gasteiger partial charge in [0, 0.05) is 11.4 Å². The fraction of sp³-hybridized carbons (Fsp3) is 0.300. The smallest absolute Gasteiger partial charge is 0.318 e. The van der Waals surface area contributed by atoms with Crippen LogP contribution in [0.2, 0.25) is 0 Å². The number of amides is 4. The monoisotopic (exact) mass is 570 g/mol. The molecule has 0 saturated carbocycles. The van der Waals surface area contributed by atoms with E-state index in [2.05, 4.69) is 0 Å². The van der Waals surface area contributed by atoms with Gasteiger partial charge < -0.3 is 21.3 Å². The van der Waals surface area contributed by atoms with Crippen molar-refractivity contribution in [3.05, 3.63) is 58.7 Å². The zero-order valence-corrected chi connectivity index (χ0v) is 18.4. The molecular formula is C20H14F12N4O2. The Hall–Kier alpha value is -3.86. The van der Waals surface area contributed by atoms with E-state index in [4.69, 9.17) is 0 Å². The quantitative estimate of drug-likeness (QED) is 0.235. The second-order valence-corrected chi connectivity index (χ2v) is 7.51. The van der Waals surface area contributed by atoms with Crippen LogP contribution in [0, 0.1) is 0 Å². The van der Waals surface area contributed by atoms with Gasteiger partial charge in [0.15, 0.2) is 0 Å². The van der Waals surface area contributed by atoms with Crippen LogP contribution < -0.4 is 21.3 Å². The Morgan fingerprint density at radius 3 is 0.974 bits per heavy atom. The molecule has 0 aliphatic heterocycles. The summed E-state index contributed by atoms with van der Waals surface area (Å²) in [6, 6.07) is -2.40. The molecule has 0 heterocycles. The standard InChI is InChI=1S/C20H14F12N4O2/c1-8(33-15(37)35-13-4-9(17(21,22)23)2-10(5-13)18(24,25)26)34-16(38)36-14-6-11(19(27,28)29)3-12(7-14)20(30,31)32/h2-8H,1H3,(H2,33,35,37)(H2,34,36,38). The molecule has 2 rings (SSSR count). The number of urea groups is 2. The molecule has 18 heteroatoms. The van der Waals surface area contributed by atoms with Crippen LogP contribution in [0.4, 0.5) is 73.6 Å². The highest BCUT2D eigenvalue weighted by Crippen LogP contribution is 2.38. The van der Waals surface area contributed by atoms with Crippen LogP contribution in [0.5, 0.6) is 0 Å². The molecule has 0 aromatic heterocycles. The molecule has 0 atom stereocenters. The topological polar surface area (TPSA) is 82.3 Å².